The van der Waals surface area contributed by atoms with Gasteiger partial charge in [-0.05, 0) is 10.8 Å². The van der Waals surface area contributed by atoms with Gasteiger partial charge in [-0.25, -0.2) is 0 Å². The van der Waals surface area contributed by atoms with E-state index in [4.69, 9.17) is 0 Å². The molecule has 0 saturated heterocycles. The predicted octanol–water partition coefficient (Wildman–Crippen LogP) is 4.37. The van der Waals surface area contributed by atoms with Gasteiger partial charge in [0, 0.05) is 16.8 Å². The summed E-state index contributed by atoms with van der Waals surface area (Å²) in [6.45, 7) is 12.9. The average Bonchev–Trinajstić information content (AvgIpc) is 2.64. The van der Waals surface area contributed by atoms with Crippen LogP contribution in [0.2, 0.25) is 0 Å². The third-order valence-electron chi connectivity index (χ3n) is 3.01. The van der Waals surface area contributed by atoms with Crippen molar-refractivity contribution in [3.05, 3.63) is 15.7 Å². The summed E-state index contributed by atoms with van der Waals surface area (Å²) in [4.78, 5) is 2.30. The molecule has 0 N–H and O–H groups in total. The normalized spacial score (nSPS) is 13.6. The van der Waals surface area contributed by atoms with E-state index in [1.165, 1.54) is 4.88 Å². The van der Waals surface area contributed by atoms with Gasteiger partial charge in [-0.15, -0.1) is 16.4 Å². The lowest BCUT2D eigenvalue weighted by Gasteiger charge is -2.18. The molecule has 0 radical (unpaired) electrons. The number of thiophene rings is 1. The molecule has 0 amide bonds. The minimum absolute atomic E-state index is 0.00660. The van der Waals surface area contributed by atoms with Crippen molar-refractivity contribution in [3.63, 3.8) is 0 Å². The molecule has 0 bridgehead atoms. The molecule has 0 atom stereocenters. The topological polar surface area (TPSA) is 17.8 Å². The van der Waals surface area contributed by atoms with E-state index in [-0.39, 0.29) is 16.8 Å². The van der Waals surface area contributed by atoms with Gasteiger partial charge in [0.1, 0.15) is 0 Å². The first-order valence-electron chi connectivity index (χ1n) is 6.19. The molecule has 2 aromatic heterocycles. The highest BCUT2D eigenvalue weighted by Crippen LogP contribution is 2.44. The fourth-order valence-electron chi connectivity index (χ4n) is 2.19. The molecular weight excluding hydrogens is 247 g/mol. The second kappa shape index (κ2) is 3.80. The lowest BCUT2D eigenvalue weighted by Crippen LogP contribution is -2.11. The van der Waals surface area contributed by atoms with Gasteiger partial charge in [0.05, 0.1) is 10.9 Å². The zero-order valence-corrected chi connectivity index (χ0v) is 13.0. The molecule has 0 unspecified atom stereocenters. The molecule has 0 aliphatic rings. The van der Waals surface area contributed by atoms with Crippen LogP contribution in [0.25, 0.3) is 10.9 Å². The molecule has 2 rings (SSSR count). The van der Waals surface area contributed by atoms with Crippen LogP contribution in [0.1, 0.15) is 51.3 Å². The van der Waals surface area contributed by atoms with E-state index in [2.05, 4.69) is 46.6 Å². The van der Waals surface area contributed by atoms with Gasteiger partial charge in [0.2, 0.25) is 5.95 Å². The summed E-state index contributed by atoms with van der Waals surface area (Å²) >= 11 is 1.72. The minimum atomic E-state index is -0.343. The fraction of sp³-hybridized carbons (Fsp3) is 0.643. The summed E-state index contributed by atoms with van der Waals surface area (Å²) in [7, 11) is 1.82. The maximum Gasteiger partial charge on any atom is 0.241 e. The lowest BCUT2D eigenvalue weighted by molar-refractivity contribution is 0.553. The van der Waals surface area contributed by atoms with Crippen LogP contribution in [0.4, 0.5) is 4.39 Å². The number of aryl methyl sites for hydroxylation is 1. The Hall–Kier alpha value is -0.900. The minimum Gasteiger partial charge on any atom is -0.264 e. The highest BCUT2D eigenvalue weighted by Gasteiger charge is 2.31. The number of fused-ring (bicyclic) bond motifs is 1. The number of aromatic nitrogens is 2. The highest BCUT2D eigenvalue weighted by molar-refractivity contribution is 7.14. The number of rotatable bonds is 0. The molecule has 18 heavy (non-hydrogen) atoms. The van der Waals surface area contributed by atoms with Crippen LogP contribution in [0.15, 0.2) is 0 Å². The van der Waals surface area contributed by atoms with Crippen molar-refractivity contribution in [1.82, 2.24) is 9.78 Å². The Morgan fingerprint density at radius 2 is 1.50 bits per heavy atom. The number of hydrogen-bond acceptors (Lipinski definition) is 2. The Bertz CT molecular complexity index is 544. The molecule has 100 valence electrons. The molecular formula is C14H21FN2S. The van der Waals surface area contributed by atoms with Crippen LogP contribution in [-0.4, -0.2) is 9.78 Å². The first-order valence-corrected chi connectivity index (χ1v) is 7.01. The predicted molar refractivity (Wildman–Crippen MR) is 75.9 cm³/mol. The Morgan fingerprint density at radius 1 is 1.00 bits per heavy atom. The summed E-state index contributed by atoms with van der Waals surface area (Å²) in [5.74, 6) is -0.343. The van der Waals surface area contributed by atoms with Crippen LogP contribution >= 0.6 is 11.3 Å². The Labute approximate surface area is 112 Å². The molecule has 0 fully saturated rings. The van der Waals surface area contributed by atoms with Gasteiger partial charge < -0.3 is 0 Å². The third-order valence-corrected chi connectivity index (χ3v) is 5.04. The average molecular weight is 268 g/mol. The van der Waals surface area contributed by atoms with Crippen molar-refractivity contribution < 1.29 is 4.39 Å². The van der Waals surface area contributed by atoms with Gasteiger partial charge in [0.25, 0.3) is 0 Å². The van der Waals surface area contributed by atoms with Crippen LogP contribution < -0.4 is 0 Å². The van der Waals surface area contributed by atoms with Crippen molar-refractivity contribution in [2.75, 3.05) is 0 Å². The first-order chi connectivity index (χ1) is 8.03. The molecule has 0 aliphatic heterocycles. The SMILES string of the molecule is Cn1nc(F)c2c(C(C)(C)C)sc(C(C)(C)C)c21. The lowest BCUT2D eigenvalue weighted by atomic mass is 9.90. The van der Waals surface area contributed by atoms with Crippen molar-refractivity contribution in [3.8, 4) is 0 Å². The van der Waals surface area contributed by atoms with E-state index in [0.29, 0.717) is 5.39 Å². The van der Waals surface area contributed by atoms with Gasteiger partial charge >= 0.3 is 0 Å². The van der Waals surface area contributed by atoms with Crippen LogP contribution in [0.3, 0.4) is 0 Å². The van der Waals surface area contributed by atoms with E-state index >= 15 is 0 Å². The molecule has 2 nitrogen and oxygen atoms in total. The first kappa shape index (κ1) is 13.5. The summed E-state index contributed by atoms with van der Waals surface area (Å²) in [6.07, 6.45) is 0. The van der Waals surface area contributed by atoms with Crippen LogP contribution in [0, 0.1) is 5.95 Å². The molecule has 0 saturated carbocycles. The molecule has 2 heterocycles. The Balaban J connectivity index is 2.91. The van der Waals surface area contributed by atoms with Crippen molar-refractivity contribution >= 4 is 22.2 Å². The zero-order valence-electron chi connectivity index (χ0n) is 12.2. The van der Waals surface area contributed by atoms with Crippen molar-refractivity contribution in [1.29, 1.82) is 0 Å². The van der Waals surface area contributed by atoms with Crippen molar-refractivity contribution in [2.45, 2.75) is 52.4 Å². The smallest absolute Gasteiger partial charge is 0.241 e. The van der Waals surface area contributed by atoms with E-state index < -0.39 is 0 Å². The Morgan fingerprint density at radius 3 is 1.94 bits per heavy atom. The molecule has 0 aliphatic carbocycles. The fourth-order valence-corrected chi connectivity index (χ4v) is 3.62. The molecule has 0 aromatic carbocycles. The number of halogens is 1. The van der Waals surface area contributed by atoms with E-state index in [1.807, 2.05) is 7.05 Å². The molecule has 4 heteroatoms. The van der Waals surface area contributed by atoms with Gasteiger partial charge in [-0.2, -0.15) is 4.39 Å². The van der Waals surface area contributed by atoms with Crippen LogP contribution in [-0.2, 0) is 17.9 Å². The maximum absolute atomic E-state index is 14.1. The number of nitrogens with zero attached hydrogens (tertiary/aromatic N) is 2. The van der Waals surface area contributed by atoms with Gasteiger partial charge in [-0.3, -0.25) is 4.68 Å². The van der Waals surface area contributed by atoms with E-state index in [0.717, 1.165) is 10.4 Å². The standard InChI is InChI=1S/C14H21FN2S/c1-13(2,3)10-8-9(17(7)16-12(8)15)11(18-10)14(4,5)6/h1-7H3. The monoisotopic (exact) mass is 268 g/mol. The second-order valence-electron chi connectivity index (χ2n) is 6.90. The summed E-state index contributed by atoms with van der Waals surface area (Å²) in [5, 5.41) is 4.66. The van der Waals surface area contributed by atoms with E-state index in [9.17, 15) is 4.39 Å². The summed E-state index contributed by atoms with van der Waals surface area (Å²) in [6, 6.07) is 0. The number of hydrogen-bond donors (Lipinski definition) is 0. The summed E-state index contributed by atoms with van der Waals surface area (Å²) < 4.78 is 15.8. The van der Waals surface area contributed by atoms with Crippen LogP contribution in [0.5, 0.6) is 0 Å². The van der Waals surface area contributed by atoms with Gasteiger partial charge in [-0.1, -0.05) is 41.5 Å². The second-order valence-corrected chi connectivity index (χ2v) is 7.92. The quantitative estimate of drug-likeness (QED) is 0.693. The summed E-state index contributed by atoms with van der Waals surface area (Å²) in [5.41, 5.74) is 0.901. The third kappa shape index (κ3) is 1.96. The molecule has 0 spiro atoms. The maximum atomic E-state index is 14.1. The molecule has 2 aromatic rings. The van der Waals surface area contributed by atoms with Gasteiger partial charge in [0.15, 0.2) is 0 Å². The zero-order chi connectivity index (χ0) is 13.9. The van der Waals surface area contributed by atoms with Crippen molar-refractivity contribution in [2.24, 2.45) is 7.05 Å². The van der Waals surface area contributed by atoms with E-state index in [1.54, 1.807) is 16.0 Å². The largest absolute Gasteiger partial charge is 0.264 e. The Kier molecular flexibility index (Phi) is 2.85. The highest BCUT2D eigenvalue weighted by atomic mass is 32.1.